The van der Waals surface area contributed by atoms with Crippen LogP contribution in [0.5, 0.6) is 0 Å². The first-order valence-corrected chi connectivity index (χ1v) is 8.91. The van der Waals surface area contributed by atoms with E-state index in [0.717, 1.165) is 17.2 Å². The predicted octanol–water partition coefficient (Wildman–Crippen LogP) is 2.71. The van der Waals surface area contributed by atoms with E-state index in [0.29, 0.717) is 12.0 Å². The summed E-state index contributed by atoms with van der Waals surface area (Å²) in [7, 11) is -3.45. The fraction of sp³-hybridized carbons (Fsp3) is 0.600. The molecule has 1 aromatic carbocycles. The molecule has 1 fully saturated rings. The second kappa shape index (κ2) is 6.14. The average Bonchev–Trinajstić information content (AvgIpc) is 2.33. The molecule has 4 nitrogen and oxygen atoms in total. The van der Waals surface area contributed by atoms with Crippen molar-refractivity contribution in [1.29, 1.82) is 0 Å². The van der Waals surface area contributed by atoms with Gasteiger partial charge in [-0.15, -0.1) is 0 Å². The summed E-state index contributed by atoms with van der Waals surface area (Å²) in [4.78, 5) is 0. The number of rotatable bonds is 4. The number of hydrogen-bond donors (Lipinski definition) is 2. The van der Waals surface area contributed by atoms with E-state index in [1.807, 2.05) is 24.3 Å². The second-order valence-electron chi connectivity index (χ2n) is 6.15. The molecule has 0 radical (unpaired) electrons. The molecule has 0 saturated heterocycles. The third-order valence-electron chi connectivity index (χ3n) is 4.11. The number of sulfonamides is 1. The number of nitrogens with one attached hydrogen (secondary N) is 1. The predicted molar refractivity (Wildman–Crippen MR) is 82.8 cm³/mol. The van der Waals surface area contributed by atoms with Gasteiger partial charge in [0.25, 0.3) is 0 Å². The Hall–Kier alpha value is -1.07. The molecular formula is C15H24N2O2S. The smallest absolute Gasteiger partial charge is 0.213 e. The summed E-state index contributed by atoms with van der Waals surface area (Å²) < 4.78 is 22.1. The van der Waals surface area contributed by atoms with E-state index in [1.165, 1.54) is 19.3 Å². The van der Waals surface area contributed by atoms with Gasteiger partial charge in [-0.3, -0.25) is 0 Å². The van der Waals surface area contributed by atoms with Crippen molar-refractivity contribution in [3.63, 3.8) is 0 Å². The van der Waals surface area contributed by atoms with Gasteiger partial charge in [0.05, 0.1) is 5.75 Å². The van der Waals surface area contributed by atoms with Crippen LogP contribution in [0.4, 0.5) is 5.69 Å². The van der Waals surface area contributed by atoms with Crippen LogP contribution >= 0.6 is 0 Å². The van der Waals surface area contributed by atoms with Crippen LogP contribution in [0, 0.1) is 11.8 Å². The molecule has 1 aliphatic rings. The Morgan fingerprint density at radius 3 is 2.40 bits per heavy atom. The normalized spacial score (nSPS) is 27.2. The fourth-order valence-electron chi connectivity index (χ4n) is 3.02. The molecule has 0 spiro atoms. The van der Waals surface area contributed by atoms with Gasteiger partial charge in [-0.2, -0.15) is 0 Å². The first kappa shape index (κ1) is 15.3. The van der Waals surface area contributed by atoms with Gasteiger partial charge < -0.3 is 5.32 Å². The molecular weight excluding hydrogens is 272 g/mol. The molecule has 3 unspecified atom stereocenters. The summed E-state index contributed by atoms with van der Waals surface area (Å²) in [6.07, 6.45) is 3.73. The lowest BCUT2D eigenvalue weighted by molar-refractivity contribution is 0.276. The third-order valence-corrected chi connectivity index (χ3v) is 4.84. The molecule has 20 heavy (non-hydrogen) atoms. The topological polar surface area (TPSA) is 72.2 Å². The van der Waals surface area contributed by atoms with Crippen molar-refractivity contribution in [2.75, 3.05) is 5.32 Å². The van der Waals surface area contributed by atoms with Crippen LogP contribution < -0.4 is 10.5 Å². The van der Waals surface area contributed by atoms with E-state index in [9.17, 15) is 8.42 Å². The molecule has 0 heterocycles. The first-order chi connectivity index (χ1) is 9.33. The lowest BCUT2D eigenvalue weighted by atomic mass is 9.80. The van der Waals surface area contributed by atoms with E-state index < -0.39 is 10.0 Å². The number of hydrogen-bond acceptors (Lipinski definition) is 3. The van der Waals surface area contributed by atoms with E-state index in [2.05, 4.69) is 19.2 Å². The quantitative estimate of drug-likeness (QED) is 0.897. The van der Waals surface area contributed by atoms with Crippen LogP contribution in [-0.4, -0.2) is 14.5 Å². The van der Waals surface area contributed by atoms with E-state index in [4.69, 9.17) is 5.14 Å². The van der Waals surface area contributed by atoms with Crippen LogP contribution in [0.3, 0.4) is 0 Å². The van der Waals surface area contributed by atoms with Crippen LogP contribution in [0.1, 0.15) is 38.7 Å². The molecule has 2 rings (SSSR count). The largest absolute Gasteiger partial charge is 0.382 e. The van der Waals surface area contributed by atoms with Crippen LogP contribution in [-0.2, 0) is 15.8 Å². The molecule has 3 N–H and O–H groups in total. The van der Waals surface area contributed by atoms with Crippen molar-refractivity contribution in [2.24, 2.45) is 17.0 Å². The molecule has 0 bridgehead atoms. The summed E-state index contributed by atoms with van der Waals surface area (Å²) >= 11 is 0. The zero-order chi connectivity index (χ0) is 14.8. The van der Waals surface area contributed by atoms with E-state index in [1.54, 1.807) is 0 Å². The minimum atomic E-state index is -3.45. The highest BCUT2D eigenvalue weighted by Gasteiger charge is 2.24. The summed E-state index contributed by atoms with van der Waals surface area (Å²) in [5.41, 5.74) is 1.78. The van der Waals surface area contributed by atoms with Gasteiger partial charge in [-0.05, 0) is 48.8 Å². The summed E-state index contributed by atoms with van der Waals surface area (Å²) in [6, 6.07) is 8.03. The highest BCUT2D eigenvalue weighted by Crippen LogP contribution is 2.30. The van der Waals surface area contributed by atoms with Crippen molar-refractivity contribution in [3.05, 3.63) is 29.8 Å². The number of anilines is 1. The SMILES string of the molecule is CC1CCC(Nc2ccc(CS(N)(=O)=O)cc2)C(C)C1. The lowest BCUT2D eigenvalue weighted by Gasteiger charge is -2.33. The summed E-state index contributed by atoms with van der Waals surface area (Å²) in [6.45, 7) is 4.61. The summed E-state index contributed by atoms with van der Waals surface area (Å²) in [5.74, 6) is 1.38. The lowest BCUT2D eigenvalue weighted by Crippen LogP contribution is -2.32. The van der Waals surface area contributed by atoms with Crippen molar-refractivity contribution < 1.29 is 8.42 Å². The Kier molecular flexibility index (Phi) is 4.70. The van der Waals surface area contributed by atoms with Gasteiger partial charge >= 0.3 is 0 Å². The standard InChI is InChI=1S/C15H24N2O2S/c1-11-3-8-15(12(2)9-11)17-14-6-4-13(5-7-14)10-20(16,18)19/h4-7,11-12,15,17H,3,8-10H2,1-2H3,(H2,16,18,19). The molecule has 0 aliphatic heterocycles. The second-order valence-corrected chi connectivity index (χ2v) is 7.76. The molecule has 112 valence electrons. The minimum absolute atomic E-state index is 0.107. The highest BCUT2D eigenvalue weighted by atomic mass is 32.2. The molecule has 3 atom stereocenters. The van der Waals surface area contributed by atoms with Gasteiger partial charge in [-0.25, -0.2) is 13.6 Å². The zero-order valence-electron chi connectivity index (χ0n) is 12.2. The average molecular weight is 296 g/mol. The maximum Gasteiger partial charge on any atom is 0.213 e. The van der Waals surface area contributed by atoms with Crippen molar-refractivity contribution in [3.8, 4) is 0 Å². The molecule has 0 aromatic heterocycles. The Morgan fingerprint density at radius 1 is 1.20 bits per heavy atom. The highest BCUT2D eigenvalue weighted by molar-refractivity contribution is 7.88. The molecule has 1 aliphatic carbocycles. The van der Waals surface area contributed by atoms with Gasteiger partial charge in [0.2, 0.25) is 10.0 Å². The van der Waals surface area contributed by atoms with Gasteiger partial charge in [-0.1, -0.05) is 26.0 Å². The Bertz CT molecular complexity index is 539. The third kappa shape index (κ3) is 4.49. The maximum atomic E-state index is 11.0. The molecule has 1 aromatic rings. The van der Waals surface area contributed by atoms with E-state index >= 15 is 0 Å². The van der Waals surface area contributed by atoms with Crippen LogP contribution in [0.25, 0.3) is 0 Å². The number of nitrogens with two attached hydrogens (primary N) is 1. The number of benzene rings is 1. The fourth-order valence-corrected chi connectivity index (χ4v) is 3.68. The van der Waals surface area contributed by atoms with Crippen molar-refractivity contribution in [1.82, 2.24) is 0 Å². The molecule has 5 heteroatoms. The number of primary sulfonamides is 1. The Morgan fingerprint density at radius 2 is 1.85 bits per heavy atom. The van der Waals surface area contributed by atoms with E-state index in [-0.39, 0.29) is 5.75 Å². The van der Waals surface area contributed by atoms with Crippen molar-refractivity contribution >= 4 is 15.7 Å². The minimum Gasteiger partial charge on any atom is -0.382 e. The van der Waals surface area contributed by atoms with Gasteiger partial charge in [0.15, 0.2) is 0 Å². The first-order valence-electron chi connectivity index (χ1n) is 7.19. The zero-order valence-corrected chi connectivity index (χ0v) is 13.0. The maximum absolute atomic E-state index is 11.0. The monoisotopic (exact) mass is 296 g/mol. The molecule has 1 saturated carbocycles. The Balaban J connectivity index is 1.97. The van der Waals surface area contributed by atoms with Gasteiger partial charge in [0, 0.05) is 11.7 Å². The molecule has 0 amide bonds. The van der Waals surface area contributed by atoms with Crippen LogP contribution in [0.2, 0.25) is 0 Å². The Labute approximate surface area is 121 Å². The summed E-state index contributed by atoms with van der Waals surface area (Å²) in [5, 5.41) is 8.60. The van der Waals surface area contributed by atoms with Crippen molar-refractivity contribution in [2.45, 2.75) is 44.9 Å². The van der Waals surface area contributed by atoms with Crippen LogP contribution in [0.15, 0.2) is 24.3 Å². The van der Waals surface area contributed by atoms with Gasteiger partial charge in [0.1, 0.15) is 0 Å².